The lowest BCUT2D eigenvalue weighted by Gasteiger charge is -2.21. The molecule has 126 valence electrons. The van der Waals surface area contributed by atoms with Gasteiger partial charge in [0.2, 0.25) is 5.71 Å². The van der Waals surface area contributed by atoms with Gasteiger partial charge in [-0.3, -0.25) is 0 Å². The van der Waals surface area contributed by atoms with Crippen molar-refractivity contribution < 1.29 is 4.58 Å². The Morgan fingerprint density at radius 2 is 1.44 bits per heavy atom. The minimum absolute atomic E-state index is 1.22. The Labute approximate surface area is 150 Å². The highest BCUT2D eigenvalue weighted by Gasteiger charge is 2.21. The van der Waals surface area contributed by atoms with E-state index in [-0.39, 0.29) is 0 Å². The van der Waals surface area contributed by atoms with Gasteiger partial charge in [0.25, 0.3) is 0 Å². The summed E-state index contributed by atoms with van der Waals surface area (Å²) < 4.78 is 2.18. The molecule has 0 amide bonds. The zero-order valence-corrected chi connectivity index (χ0v) is 15.4. The minimum Gasteiger partial charge on any atom is -0.377 e. The quantitative estimate of drug-likeness (QED) is 0.757. The first kappa shape index (κ1) is 17.0. The van der Waals surface area contributed by atoms with Crippen LogP contribution in [-0.4, -0.2) is 38.5 Å². The maximum Gasteiger partial charge on any atom is 0.207 e. The fourth-order valence-corrected chi connectivity index (χ4v) is 3.21. The molecule has 0 unspecified atom stereocenters. The van der Waals surface area contributed by atoms with Crippen LogP contribution in [-0.2, 0) is 0 Å². The molecule has 0 spiro atoms. The number of hydrogen-bond donors (Lipinski definition) is 0. The third-order valence-electron chi connectivity index (χ3n) is 4.37. The van der Waals surface area contributed by atoms with Gasteiger partial charge >= 0.3 is 0 Å². The van der Waals surface area contributed by atoms with Crippen LogP contribution in [0.25, 0.3) is 5.57 Å². The van der Waals surface area contributed by atoms with Gasteiger partial charge in [-0.15, -0.1) is 0 Å². The van der Waals surface area contributed by atoms with Gasteiger partial charge < -0.3 is 4.90 Å². The lowest BCUT2D eigenvalue weighted by atomic mass is 9.88. The number of benzene rings is 2. The van der Waals surface area contributed by atoms with Crippen LogP contribution in [0.2, 0.25) is 0 Å². The lowest BCUT2D eigenvalue weighted by molar-refractivity contribution is -0.463. The van der Waals surface area contributed by atoms with Crippen molar-refractivity contribution in [3.05, 3.63) is 95.6 Å². The van der Waals surface area contributed by atoms with Crippen molar-refractivity contribution in [1.29, 1.82) is 0 Å². The number of allylic oxidation sites excluding steroid dienone is 5. The summed E-state index contributed by atoms with van der Waals surface area (Å²) in [5, 5.41) is 0. The van der Waals surface area contributed by atoms with Crippen molar-refractivity contribution in [1.82, 2.24) is 0 Å². The molecule has 0 aliphatic heterocycles. The molecule has 0 radical (unpaired) electrons. The molecule has 2 aromatic carbocycles. The summed E-state index contributed by atoms with van der Waals surface area (Å²) >= 11 is 0. The Balaban J connectivity index is 2.38. The highest BCUT2D eigenvalue weighted by Crippen LogP contribution is 2.35. The summed E-state index contributed by atoms with van der Waals surface area (Å²) in [4.78, 5) is 2.18. The Kier molecular flexibility index (Phi) is 4.99. The van der Waals surface area contributed by atoms with Crippen LogP contribution < -0.4 is 4.90 Å². The molecular weight excluding hydrogens is 304 g/mol. The summed E-state index contributed by atoms with van der Waals surface area (Å²) in [6.07, 6.45) is 8.60. The fourth-order valence-electron chi connectivity index (χ4n) is 3.21. The third kappa shape index (κ3) is 3.48. The van der Waals surface area contributed by atoms with Crippen molar-refractivity contribution in [2.24, 2.45) is 0 Å². The van der Waals surface area contributed by atoms with Gasteiger partial charge in [-0.1, -0.05) is 60.7 Å². The smallest absolute Gasteiger partial charge is 0.207 e. The Hall–Kier alpha value is -2.87. The molecule has 0 heterocycles. The van der Waals surface area contributed by atoms with Crippen molar-refractivity contribution in [3.8, 4) is 0 Å². The molecule has 25 heavy (non-hydrogen) atoms. The highest BCUT2D eigenvalue weighted by molar-refractivity contribution is 6.15. The number of nitrogens with zero attached hydrogens (tertiary/aromatic N) is 2. The molecule has 2 heteroatoms. The maximum absolute atomic E-state index is 2.21. The van der Waals surface area contributed by atoms with Gasteiger partial charge in [-0.2, -0.15) is 0 Å². The first-order chi connectivity index (χ1) is 12.1. The zero-order valence-electron chi connectivity index (χ0n) is 15.4. The second-order valence-electron chi connectivity index (χ2n) is 6.56. The van der Waals surface area contributed by atoms with E-state index < -0.39 is 0 Å². The number of anilines is 1. The van der Waals surface area contributed by atoms with Crippen LogP contribution in [0.3, 0.4) is 0 Å². The van der Waals surface area contributed by atoms with E-state index >= 15 is 0 Å². The Morgan fingerprint density at radius 1 is 0.800 bits per heavy atom. The van der Waals surface area contributed by atoms with Crippen LogP contribution in [0, 0.1) is 0 Å². The first-order valence-corrected chi connectivity index (χ1v) is 8.55. The standard InChI is InChI=1S/C23H25N2/c1-24(2)21-16-10-8-14-19(21)23(18-12-6-5-7-13-18)20-15-9-11-17-22(20)25(3)4/h5-17H,1-4H3/q+1. The molecule has 0 fully saturated rings. The molecule has 1 aliphatic rings. The first-order valence-electron chi connectivity index (χ1n) is 8.55. The molecule has 0 saturated heterocycles. The highest BCUT2D eigenvalue weighted by atomic mass is 15.1. The molecule has 0 bridgehead atoms. The van der Waals surface area contributed by atoms with E-state index in [9.17, 15) is 0 Å². The Morgan fingerprint density at radius 3 is 2.12 bits per heavy atom. The molecule has 0 aromatic heterocycles. The molecule has 0 atom stereocenters. The SMILES string of the molecule is CN(C)c1ccccc1C(=C1C=CC=CC1=[N+](C)C)c1ccccc1. The number of rotatable bonds is 3. The summed E-state index contributed by atoms with van der Waals surface area (Å²) in [5.41, 5.74) is 7.41. The van der Waals surface area contributed by atoms with Crippen molar-refractivity contribution in [3.63, 3.8) is 0 Å². The predicted molar refractivity (Wildman–Crippen MR) is 109 cm³/mol. The molecule has 0 saturated carbocycles. The van der Waals surface area contributed by atoms with E-state index in [0.717, 1.165) is 0 Å². The van der Waals surface area contributed by atoms with Crippen molar-refractivity contribution >= 4 is 17.0 Å². The van der Waals surface area contributed by atoms with Gasteiger partial charge in [0.15, 0.2) is 0 Å². The van der Waals surface area contributed by atoms with Gasteiger partial charge in [-0.25, -0.2) is 4.58 Å². The third-order valence-corrected chi connectivity index (χ3v) is 4.37. The van der Waals surface area contributed by atoms with E-state index in [1.54, 1.807) is 0 Å². The van der Waals surface area contributed by atoms with E-state index in [1.165, 1.54) is 33.7 Å². The molecule has 1 aliphatic carbocycles. The molecule has 0 N–H and O–H groups in total. The van der Waals surface area contributed by atoms with Gasteiger partial charge in [0.05, 0.1) is 5.57 Å². The molecule has 2 nitrogen and oxygen atoms in total. The van der Waals surface area contributed by atoms with Gasteiger partial charge in [0, 0.05) is 37.0 Å². The summed E-state index contributed by atoms with van der Waals surface area (Å²) in [6, 6.07) is 19.3. The zero-order chi connectivity index (χ0) is 17.8. The Bertz CT molecular complexity index is 877. The minimum atomic E-state index is 1.22. The van der Waals surface area contributed by atoms with E-state index in [2.05, 4.69) is 117 Å². The molecule has 2 aromatic rings. The van der Waals surface area contributed by atoms with Gasteiger partial charge in [-0.05, 0) is 17.7 Å². The summed E-state index contributed by atoms with van der Waals surface area (Å²) in [5.74, 6) is 0. The van der Waals surface area contributed by atoms with Crippen LogP contribution in [0.15, 0.2) is 84.5 Å². The maximum atomic E-state index is 2.21. The summed E-state index contributed by atoms with van der Waals surface area (Å²) in [7, 11) is 8.39. The number of para-hydroxylation sites is 1. The van der Waals surface area contributed by atoms with E-state index in [0.29, 0.717) is 0 Å². The molecular formula is C23H25N2+. The fraction of sp³-hybridized carbons (Fsp3) is 0.174. The average Bonchev–Trinajstić information content (AvgIpc) is 2.63. The van der Waals surface area contributed by atoms with Crippen LogP contribution in [0.4, 0.5) is 5.69 Å². The second-order valence-corrected chi connectivity index (χ2v) is 6.56. The second kappa shape index (κ2) is 7.35. The topological polar surface area (TPSA) is 6.25 Å². The molecule has 3 rings (SSSR count). The largest absolute Gasteiger partial charge is 0.377 e. The van der Waals surface area contributed by atoms with Crippen molar-refractivity contribution in [2.45, 2.75) is 0 Å². The normalized spacial score (nSPS) is 15.3. The average molecular weight is 329 g/mol. The predicted octanol–water partition coefficient (Wildman–Crippen LogP) is 4.39. The van der Waals surface area contributed by atoms with Crippen molar-refractivity contribution in [2.75, 3.05) is 33.1 Å². The summed E-state index contributed by atoms with van der Waals surface area (Å²) in [6.45, 7) is 0. The van der Waals surface area contributed by atoms with Gasteiger partial charge in [0.1, 0.15) is 14.1 Å². The van der Waals surface area contributed by atoms with E-state index in [1.807, 2.05) is 0 Å². The van der Waals surface area contributed by atoms with Crippen LogP contribution in [0.5, 0.6) is 0 Å². The van der Waals surface area contributed by atoms with Crippen LogP contribution in [0.1, 0.15) is 11.1 Å². The van der Waals surface area contributed by atoms with Crippen LogP contribution >= 0.6 is 0 Å². The lowest BCUT2D eigenvalue weighted by Crippen LogP contribution is -2.17. The monoisotopic (exact) mass is 329 g/mol. The number of hydrogen-bond acceptors (Lipinski definition) is 1. The van der Waals surface area contributed by atoms with E-state index in [4.69, 9.17) is 0 Å².